The Labute approximate surface area is 166 Å². The number of aryl methyl sites for hydroxylation is 1. The van der Waals surface area contributed by atoms with Crippen LogP contribution in [0.2, 0.25) is 5.02 Å². The molecule has 0 saturated carbocycles. The number of halogens is 1. The number of para-hydroxylation sites is 1. The molecule has 0 unspecified atom stereocenters. The number of carbonyl (C=O) groups is 1. The third kappa shape index (κ3) is 3.97. The Morgan fingerprint density at radius 3 is 2.52 bits per heavy atom. The van der Waals surface area contributed by atoms with Crippen molar-refractivity contribution in [2.75, 3.05) is 11.4 Å². The van der Waals surface area contributed by atoms with E-state index in [0.717, 1.165) is 4.31 Å². The highest BCUT2D eigenvalue weighted by Crippen LogP contribution is 2.26. The van der Waals surface area contributed by atoms with E-state index in [4.69, 9.17) is 11.6 Å². The van der Waals surface area contributed by atoms with Crippen molar-refractivity contribution in [3.63, 3.8) is 0 Å². The molecule has 0 saturated heterocycles. The molecule has 140 valence electrons. The topological polar surface area (TPSA) is 71.7 Å². The van der Waals surface area contributed by atoms with E-state index in [1.165, 1.54) is 36.6 Å². The van der Waals surface area contributed by atoms with Gasteiger partial charge < -0.3 is 4.57 Å². The number of amides is 1. The maximum Gasteiger partial charge on any atom is 0.281 e. The zero-order valence-corrected chi connectivity index (χ0v) is 16.9. The first-order valence-electron chi connectivity index (χ1n) is 7.83. The zero-order chi connectivity index (χ0) is 19.6. The van der Waals surface area contributed by atoms with E-state index >= 15 is 0 Å². The number of carbonyl (C=O) groups excluding carboxylic acids is 1. The Bertz CT molecular complexity index is 1150. The highest BCUT2D eigenvalue weighted by Gasteiger charge is 2.23. The van der Waals surface area contributed by atoms with Crippen molar-refractivity contribution < 1.29 is 13.2 Å². The van der Waals surface area contributed by atoms with Crippen molar-refractivity contribution in [2.24, 2.45) is 12.0 Å². The van der Waals surface area contributed by atoms with Crippen molar-refractivity contribution >= 4 is 44.6 Å². The summed E-state index contributed by atoms with van der Waals surface area (Å²) in [6.07, 6.45) is 1.77. The summed E-state index contributed by atoms with van der Waals surface area (Å²) in [5.74, 6) is -0.600. The van der Waals surface area contributed by atoms with Gasteiger partial charge in [-0.1, -0.05) is 29.8 Å². The summed E-state index contributed by atoms with van der Waals surface area (Å²) in [5.41, 5.74) is 0.545. The van der Waals surface area contributed by atoms with Crippen LogP contribution >= 0.6 is 22.9 Å². The van der Waals surface area contributed by atoms with E-state index in [1.807, 2.05) is 0 Å². The van der Waals surface area contributed by atoms with Gasteiger partial charge >= 0.3 is 0 Å². The Morgan fingerprint density at radius 1 is 1.19 bits per heavy atom. The predicted molar refractivity (Wildman–Crippen MR) is 107 cm³/mol. The lowest BCUT2D eigenvalue weighted by atomic mass is 10.2. The molecule has 2 aromatic carbocycles. The number of sulfonamides is 1. The van der Waals surface area contributed by atoms with E-state index in [9.17, 15) is 13.2 Å². The highest BCUT2D eigenvalue weighted by molar-refractivity contribution is 7.92. The molecule has 1 amide bonds. The van der Waals surface area contributed by atoms with Gasteiger partial charge in [-0.15, -0.1) is 11.3 Å². The van der Waals surface area contributed by atoms with Crippen molar-refractivity contribution in [3.05, 3.63) is 75.5 Å². The molecule has 27 heavy (non-hydrogen) atoms. The minimum atomic E-state index is -3.86. The number of benzene rings is 2. The van der Waals surface area contributed by atoms with Gasteiger partial charge in [0.15, 0.2) is 4.80 Å². The molecule has 1 heterocycles. The molecule has 0 aliphatic carbocycles. The molecule has 0 fully saturated rings. The molecular formula is C18H16ClN3O3S2. The Kier molecular flexibility index (Phi) is 5.50. The predicted octanol–water partition coefficient (Wildman–Crippen LogP) is 3.31. The van der Waals surface area contributed by atoms with Crippen LogP contribution in [0.15, 0.2) is 70.0 Å². The average Bonchev–Trinajstić information content (AvgIpc) is 3.06. The van der Waals surface area contributed by atoms with Crippen LogP contribution in [-0.4, -0.2) is 25.9 Å². The van der Waals surface area contributed by atoms with Crippen molar-refractivity contribution in [2.45, 2.75) is 4.90 Å². The van der Waals surface area contributed by atoms with Gasteiger partial charge in [0, 0.05) is 25.7 Å². The minimum absolute atomic E-state index is 0.0348. The minimum Gasteiger partial charge on any atom is -0.327 e. The van der Waals surface area contributed by atoms with E-state index in [1.54, 1.807) is 53.5 Å². The van der Waals surface area contributed by atoms with Gasteiger partial charge in [-0.05, 0) is 30.3 Å². The first-order valence-corrected chi connectivity index (χ1v) is 10.5. The monoisotopic (exact) mass is 421 g/mol. The maximum absolute atomic E-state index is 12.9. The average molecular weight is 422 g/mol. The van der Waals surface area contributed by atoms with Gasteiger partial charge in [0.1, 0.15) is 0 Å². The summed E-state index contributed by atoms with van der Waals surface area (Å²) >= 11 is 7.42. The SMILES string of the molecule is CN(c1ccccc1)S(=O)(=O)c1ccc(Cl)c(C(=O)N=c2sccn2C)c1. The molecule has 0 aliphatic heterocycles. The second-order valence-corrected chi connectivity index (χ2v) is 8.91. The Morgan fingerprint density at radius 2 is 1.89 bits per heavy atom. The summed E-state index contributed by atoms with van der Waals surface area (Å²) in [6.45, 7) is 0. The number of hydrogen-bond donors (Lipinski definition) is 0. The summed E-state index contributed by atoms with van der Waals surface area (Å²) < 4.78 is 28.7. The quantitative estimate of drug-likeness (QED) is 0.648. The van der Waals surface area contributed by atoms with Gasteiger partial charge in [0.25, 0.3) is 15.9 Å². The molecule has 9 heteroatoms. The molecule has 0 spiro atoms. The molecule has 3 rings (SSSR count). The second-order valence-electron chi connectivity index (χ2n) is 5.66. The molecule has 1 aromatic heterocycles. The third-order valence-electron chi connectivity index (χ3n) is 3.90. The fourth-order valence-electron chi connectivity index (χ4n) is 2.35. The number of anilines is 1. The summed E-state index contributed by atoms with van der Waals surface area (Å²) in [6, 6.07) is 12.7. The largest absolute Gasteiger partial charge is 0.327 e. The zero-order valence-electron chi connectivity index (χ0n) is 14.5. The summed E-state index contributed by atoms with van der Waals surface area (Å²) in [7, 11) is -0.638. The maximum atomic E-state index is 12.9. The summed E-state index contributed by atoms with van der Waals surface area (Å²) in [4.78, 5) is 17.0. The molecule has 0 radical (unpaired) electrons. The van der Waals surface area contributed by atoms with Gasteiger partial charge in [-0.3, -0.25) is 9.10 Å². The van der Waals surface area contributed by atoms with Crippen LogP contribution < -0.4 is 9.11 Å². The highest BCUT2D eigenvalue weighted by atomic mass is 35.5. The van der Waals surface area contributed by atoms with E-state index in [-0.39, 0.29) is 15.5 Å². The number of nitrogens with zero attached hydrogens (tertiary/aromatic N) is 3. The van der Waals surface area contributed by atoms with Crippen LogP contribution in [-0.2, 0) is 17.1 Å². The molecule has 6 nitrogen and oxygen atoms in total. The first-order chi connectivity index (χ1) is 12.8. The number of aromatic nitrogens is 1. The van der Waals surface area contributed by atoms with Gasteiger partial charge in [0.05, 0.1) is 21.2 Å². The molecule has 0 aliphatic rings. The normalized spacial score (nSPS) is 12.2. The fraction of sp³-hybridized carbons (Fsp3) is 0.111. The van der Waals surface area contributed by atoms with Crippen LogP contribution in [0.4, 0.5) is 5.69 Å². The Hall–Kier alpha value is -2.42. The smallest absolute Gasteiger partial charge is 0.281 e. The van der Waals surface area contributed by atoms with Gasteiger partial charge in [0.2, 0.25) is 0 Å². The molecule has 0 N–H and O–H groups in total. The van der Waals surface area contributed by atoms with Crippen LogP contribution in [0.3, 0.4) is 0 Å². The van der Waals surface area contributed by atoms with Gasteiger partial charge in [-0.25, -0.2) is 8.42 Å². The van der Waals surface area contributed by atoms with Crippen molar-refractivity contribution in [1.29, 1.82) is 0 Å². The van der Waals surface area contributed by atoms with Crippen molar-refractivity contribution in [3.8, 4) is 0 Å². The summed E-state index contributed by atoms with van der Waals surface area (Å²) in [5, 5.41) is 1.94. The van der Waals surface area contributed by atoms with E-state index in [2.05, 4.69) is 4.99 Å². The van der Waals surface area contributed by atoms with E-state index in [0.29, 0.717) is 10.5 Å². The number of hydrogen-bond acceptors (Lipinski definition) is 4. The van der Waals surface area contributed by atoms with Crippen molar-refractivity contribution in [1.82, 2.24) is 4.57 Å². The molecule has 3 aromatic rings. The van der Waals surface area contributed by atoms with Gasteiger partial charge in [-0.2, -0.15) is 4.99 Å². The lowest BCUT2D eigenvalue weighted by molar-refractivity contribution is 0.0998. The molecular weight excluding hydrogens is 406 g/mol. The van der Waals surface area contributed by atoms with Crippen LogP contribution in [0, 0.1) is 0 Å². The lowest BCUT2D eigenvalue weighted by Gasteiger charge is -2.19. The third-order valence-corrected chi connectivity index (χ3v) is 6.86. The van der Waals surface area contributed by atoms with Crippen LogP contribution in [0.5, 0.6) is 0 Å². The standard InChI is InChI=1S/C18H16ClN3O3S2/c1-21-10-11-26-18(21)20-17(23)15-12-14(8-9-16(15)19)27(24,25)22(2)13-6-4-3-5-7-13/h3-12H,1-2H3. The number of rotatable bonds is 4. The van der Waals surface area contributed by atoms with Crippen LogP contribution in [0.1, 0.15) is 10.4 Å². The first kappa shape index (κ1) is 19.3. The Balaban J connectivity index is 2.03. The molecule has 0 bridgehead atoms. The lowest BCUT2D eigenvalue weighted by Crippen LogP contribution is -2.26. The van der Waals surface area contributed by atoms with E-state index < -0.39 is 15.9 Å². The second kappa shape index (κ2) is 7.67. The van der Waals surface area contributed by atoms with Crippen LogP contribution in [0.25, 0.3) is 0 Å². The molecule has 0 atom stereocenters. The number of thiazole rings is 1. The fourth-order valence-corrected chi connectivity index (χ4v) is 4.49.